The van der Waals surface area contributed by atoms with Gasteiger partial charge in [-0.25, -0.2) is 0 Å². The van der Waals surface area contributed by atoms with Crippen molar-refractivity contribution in [3.05, 3.63) is 0 Å². The van der Waals surface area contributed by atoms with Crippen molar-refractivity contribution in [2.24, 2.45) is 5.41 Å². The van der Waals surface area contributed by atoms with E-state index in [-0.39, 0.29) is 12.6 Å². The van der Waals surface area contributed by atoms with Crippen LogP contribution in [-0.4, -0.2) is 47.7 Å². The van der Waals surface area contributed by atoms with Crippen molar-refractivity contribution in [2.75, 3.05) is 26.4 Å². The highest BCUT2D eigenvalue weighted by Crippen LogP contribution is 2.16. The Bertz CT molecular complexity index is 281. The maximum atomic E-state index is 11.6. The Morgan fingerprint density at radius 2 is 1.17 bits per heavy atom. The number of ether oxygens (including phenoxy) is 1. The third-order valence-electron chi connectivity index (χ3n) is 4.53. The number of carbonyl (C=O) groups is 1. The van der Waals surface area contributed by atoms with Crippen LogP contribution in [0.1, 0.15) is 84.0 Å². The zero-order valence-electron chi connectivity index (χ0n) is 15.5. The van der Waals surface area contributed by atoms with Gasteiger partial charge in [0.1, 0.15) is 6.61 Å². The zero-order chi connectivity index (χ0) is 18.1. The van der Waals surface area contributed by atoms with Crippen LogP contribution in [-0.2, 0) is 9.53 Å². The Labute approximate surface area is 147 Å². The fourth-order valence-electron chi connectivity index (χ4n) is 2.53. The highest BCUT2D eigenvalue weighted by molar-refractivity contribution is 5.69. The van der Waals surface area contributed by atoms with Crippen molar-refractivity contribution in [3.63, 3.8) is 0 Å². The van der Waals surface area contributed by atoms with Crippen molar-refractivity contribution in [2.45, 2.75) is 84.0 Å². The average Bonchev–Trinajstić information content (AvgIpc) is 2.61. The molecule has 0 aromatic carbocycles. The van der Waals surface area contributed by atoms with Crippen LogP contribution in [0.4, 0.5) is 0 Å². The van der Waals surface area contributed by atoms with Crippen LogP contribution in [0.5, 0.6) is 0 Å². The van der Waals surface area contributed by atoms with Crippen molar-refractivity contribution in [1.82, 2.24) is 0 Å². The van der Waals surface area contributed by atoms with E-state index in [1.54, 1.807) is 0 Å². The highest BCUT2D eigenvalue weighted by atomic mass is 16.5. The Hall–Kier alpha value is -0.650. The minimum atomic E-state index is -1.13. The van der Waals surface area contributed by atoms with Gasteiger partial charge in [-0.05, 0) is 6.42 Å². The van der Waals surface area contributed by atoms with E-state index >= 15 is 0 Å². The van der Waals surface area contributed by atoms with Crippen LogP contribution in [0.2, 0.25) is 0 Å². The highest BCUT2D eigenvalue weighted by Gasteiger charge is 2.29. The summed E-state index contributed by atoms with van der Waals surface area (Å²) < 4.78 is 5.05. The van der Waals surface area contributed by atoms with Gasteiger partial charge in [0.2, 0.25) is 0 Å². The fourth-order valence-corrected chi connectivity index (χ4v) is 2.53. The summed E-state index contributed by atoms with van der Waals surface area (Å²) in [5.41, 5.74) is -1.13. The van der Waals surface area contributed by atoms with Gasteiger partial charge < -0.3 is 20.1 Å². The van der Waals surface area contributed by atoms with Crippen molar-refractivity contribution in [1.29, 1.82) is 0 Å². The van der Waals surface area contributed by atoms with Crippen LogP contribution in [0.25, 0.3) is 0 Å². The number of aliphatic hydroxyl groups is 3. The normalized spacial score (nSPS) is 11.7. The van der Waals surface area contributed by atoms with E-state index in [1.165, 1.54) is 51.4 Å². The molecule has 0 aromatic heterocycles. The number of hydrogen-bond donors (Lipinski definition) is 3. The first-order chi connectivity index (χ1) is 11.6. The monoisotopic (exact) mass is 346 g/mol. The molecule has 144 valence electrons. The first-order valence-corrected chi connectivity index (χ1v) is 9.62. The van der Waals surface area contributed by atoms with Gasteiger partial charge in [0.25, 0.3) is 0 Å². The van der Waals surface area contributed by atoms with E-state index in [4.69, 9.17) is 20.1 Å². The maximum Gasteiger partial charge on any atom is 0.305 e. The van der Waals surface area contributed by atoms with Gasteiger partial charge in [0.05, 0.1) is 25.2 Å². The van der Waals surface area contributed by atoms with Crippen molar-refractivity contribution >= 4 is 5.97 Å². The molecule has 5 heteroatoms. The summed E-state index contributed by atoms with van der Waals surface area (Å²) in [6, 6.07) is 0. The number of rotatable bonds is 17. The third-order valence-corrected chi connectivity index (χ3v) is 4.53. The lowest BCUT2D eigenvalue weighted by atomic mass is 9.93. The molecular formula is C19H38O5. The lowest BCUT2D eigenvalue weighted by Crippen LogP contribution is -2.39. The molecule has 0 aliphatic heterocycles. The Morgan fingerprint density at radius 3 is 1.58 bits per heavy atom. The second-order valence-corrected chi connectivity index (χ2v) is 6.92. The lowest BCUT2D eigenvalue weighted by molar-refractivity contribution is -0.151. The average molecular weight is 347 g/mol. The number of esters is 1. The Kier molecular flexibility index (Phi) is 15.4. The van der Waals surface area contributed by atoms with Crippen LogP contribution in [0, 0.1) is 5.41 Å². The summed E-state index contributed by atoms with van der Waals surface area (Å²) in [6.07, 6.45) is 13.9. The summed E-state index contributed by atoms with van der Waals surface area (Å²) >= 11 is 0. The van der Waals surface area contributed by atoms with Crippen LogP contribution >= 0.6 is 0 Å². The Morgan fingerprint density at radius 1 is 0.750 bits per heavy atom. The first kappa shape index (κ1) is 23.4. The number of hydrogen-bond acceptors (Lipinski definition) is 5. The topological polar surface area (TPSA) is 87.0 Å². The minimum absolute atomic E-state index is 0.145. The molecule has 0 radical (unpaired) electrons. The van der Waals surface area contributed by atoms with E-state index in [9.17, 15) is 4.79 Å². The summed E-state index contributed by atoms with van der Waals surface area (Å²) in [4.78, 5) is 11.6. The molecule has 0 saturated carbocycles. The first-order valence-electron chi connectivity index (χ1n) is 9.62. The number of aliphatic hydroxyl groups excluding tert-OH is 3. The molecule has 0 spiro atoms. The van der Waals surface area contributed by atoms with Crippen LogP contribution in [0.15, 0.2) is 0 Å². The quantitative estimate of drug-likeness (QED) is 0.278. The molecule has 0 atom stereocenters. The molecule has 5 nitrogen and oxygen atoms in total. The summed E-state index contributed by atoms with van der Waals surface area (Å²) in [7, 11) is 0. The molecule has 0 heterocycles. The summed E-state index contributed by atoms with van der Waals surface area (Å²) in [6.45, 7) is 0.856. The Balaban J connectivity index is 3.46. The third kappa shape index (κ3) is 11.8. The van der Waals surface area contributed by atoms with Crippen LogP contribution in [0.3, 0.4) is 0 Å². The molecular weight excluding hydrogens is 308 g/mol. The van der Waals surface area contributed by atoms with Gasteiger partial charge >= 0.3 is 5.97 Å². The number of carbonyl (C=O) groups excluding carboxylic acids is 1. The van der Waals surface area contributed by atoms with Gasteiger partial charge in [0, 0.05) is 6.42 Å². The minimum Gasteiger partial charge on any atom is -0.465 e. The molecule has 3 N–H and O–H groups in total. The van der Waals surface area contributed by atoms with E-state index in [0.29, 0.717) is 6.42 Å². The van der Waals surface area contributed by atoms with Gasteiger partial charge in [-0.2, -0.15) is 0 Å². The van der Waals surface area contributed by atoms with Gasteiger partial charge in [-0.15, -0.1) is 0 Å². The molecule has 0 amide bonds. The molecule has 0 unspecified atom stereocenters. The molecule has 0 fully saturated rings. The van der Waals surface area contributed by atoms with Gasteiger partial charge in [0.15, 0.2) is 0 Å². The lowest BCUT2D eigenvalue weighted by Gasteiger charge is -2.26. The molecule has 0 aromatic rings. The zero-order valence-corrected chi connectivity index (χ0v) is 15.5. The molecule has 0 bridgehead atoms. The predicted molar refractivity (Wildman–Crippen MR) is 95.7 cm³/mol. The van der Waals surface area contributed by atoms with Crippen LogP contribution < -0.4 is 0 Å². The molecule has 0 aliphatic carbocycles. The maximum absolute atomic E-state index is 11.6. The SMILES string of the molecule is CCCCCCCCCCCCCC(=O)OCC(CO)(CO)CO. The number of unbranched alkanes of at least 4 members (excludes halogenated alkanes) is 10. The van der Waals surface area contributed by atoms with E-state index in [0.717, 1.165) is 19.3 Å². The second-order valence-electron chi connectivity index (χ2n) is 6.92. The molecule has 0 rings (SSSR count). The van der Waals surface area contributed by atoms with Crippen molar-refractivity contribution in [3.8, 4) is 0 Å². The van der Waals surface area contributed by atoms with Gasteiger partial charge in [-0.3, -0.25) is 4.79 Å². The van der Waals surface area contributed by atoms with E-state index < -0.39 is 25.2 Å². The predicted octanol–water partition coefficient (Wildman–Crippen LogP) is 3.19. The largest absolute Gasteiger partial charge is 0.465 e. The molecule has 0 aliphatic rings. The van der Waals surface area contributed by atoms with E-state index in [2.05, 4.69) is 6.92 Å². The standard InChI is InChI=1S/C19H38O5/c1-2-3-4-5-6-7-8-9-10-11-12-13-18(23)24-17-19(14-20,15-21)16-22/h20-22H,2-17H2,1H3. The van der Waals surface area contributed by atoms with Gasteiger partial charge in [-0.1, -0.05) is 71.1 Å². The molecule has 24 heavy (non-hydrogen) atoms. The summed E-state index contributed by atoms with van der Waals surface area (Å²) in [5, 5.41) is 27.5. The summed E-state index contributed by atoms with van der Waals surface area (Å²) in [5.74, 6) is -0.328. The fraction of sp³-hybridized carbons (Fsp3) is 0.947. The molecule has 0 saturated heterocycles. The van der Waals surface area contributed by atoms with E-state index in [1.807, 2.05) is 0 Å². The smallest absolute Gasteiger partial charge is 0.305 e. The second kappa shape index (κ2) is 15.9. The van der Waals surface area contributed by atoms with Crippen molar-refractivity contribution < 1.29 is 24.9 Å².